The summed E-state index contributed by atoms with van der Waals surface area (Å²) in [6, 6.07) is 9.64. The van der Waals surface area contributed by atoms with Gasteiger partial charge in [-0.2, -0.15) is 13.2 Å². The quantitative estimate of drug-likeness (QED) is 0.420. The molecule has 1 aliphatic carbocycles. The Morgan fingerprint density at radius 1 is 1.22 bits per heavy atom. The van der Waals surface area contributed by atoms with Crippen LogP contribution in [0.1, 0.15) is 42.7 Å². The number of ether oxygens (including phenoxy) is 3. The van der Waals surface area contributed by atoms with Gasteiger partial charge in [-0.05, 0) is 38.8 Å². The maximum atomic E-state index is 13.2. The van der Waals surface area contributed by atoms with Crippen LogP contribution in [0.3, 0.4) is 0 Å². The van der Waals surface area contributed by atoms with E-state index in [1.165, 1.54) is 12.3 Å². The molecule has 0 spiro atoms. The second-order valence-corrected chi connectivity index (χ2v) is 8.82. The second-order valence-electron chi connectivity index (χ2n) is 8.82. The summed E-state index contributed by atoms with van der Waals surface area (Å²) in [5.74, 6) is -0.787. The van der Waals surface area contributed by atoms with Crippen molar-refractivity contribution >= 4 is 11.6 Å². The van der Waals surface area contributed by atoms with E-state index in [1.54, 1.807) is 40.9 Å². The van der Waals surface area contributed by atoms with Crippen LogP contribution in [0, 0.1) is 0 Å². The van der Waals surface area contributed by atoms with E-state index in [0.29, 0.717) is 12.3 Å². The fraction of sp³-hybridized carbons (Fsp3) is 0.391. The van der Waals surface area contributed by atoms with E-state index in [2.05, 4.69) is 11.9 Å². The Hall–Kier alpha value is -3.07. The van der Waals surface area contributed by atoms with Crippen molar-refractivity contribution in [3.05, 3.63) is 60.0 Å². The van der Waals surface area contributed by atoms with Gasteiger partial charge in [0.05, 0.1) is 17.9 Å². The van der Waals surface area contributed by atoms with E-state index in [4.69, 9.17) is 14.2 Å². The Balaban J connectivity index is 1.53. The molecule has 3 fully saturated rings. The monoisotopic (exact) mass is 446 g/mol. The van der Waals surface area contributed by atoms with Crippen molar-refractivity contribution in [2.45, 2.75) is 50.0 Å². The van der Waals surface area contributed by atoms with E-state index < -0.39 is 18.2 Å². The average molecular weight is 446 g/mol. The molecule has 0 radical (unpaired) electrons. The first-order valence-electron chi connectivity index (χ1n) is 10.2. The predicted molar refractivity (Wildman–Crippen MR) is 108 cm³/mol. The molecule has 1 unspecified atom stereocenters. The third-order valence-electron chi connectivity index (χ3n) is 6.16. The molecule has 4 heterocycles. The number of fused-ring (bicyclic) bond motifs is 2. The van der Waals surface area contributed by atoms with Crippen molar-refractivity contribution in [1.82, 2.24) is 9.38 Å². The number of benzene rings is 1. The molecule has 2 aromatic heterocycles. The number of carbonyl (C=O) groups is 1. The minimum Gasteiger partial charge on any atom is -0.480 e. The molecule has 1 aromatic carbocycles. The summed E-state index contributed by atoms with van der Waals surface area (Å²) < 4.78 is 57.4. The fourth-order valence-electron chi connectivity index (χ4n) is 4.58. The molecule has 2 bridgehead atoms. The Morgan fingerprint density at radius 2 is 1.94 bits per heavy atom. The number of alkyl halides is 3. The highest BCUT2D eigenvalue weighted by molar-refractivity contribution is 5.94. The number of nitrogens with zero attached hydrogens (tertiary/aromatic N) is 2. The van der Waals surface area contributed by atoms with Crippen LogP contribution in [-0.2, 0) is 10.2 Å². The molecule has 168 valence electrons. The average Bonchev–Trinajstić information content (AvgIpc) is 3.38. The van der Waals surface area contributed by atoms with Gasteiger partial charge in [-0.3, -0.25) is 0 Å². The lowest BCUT2D eigenvalue weighted by Crippen LogP contribution is -2.45. The molecule has 6 nitrogen and oxygen atoms in total. The maximum absolute atomic E-state index is 13.2. The lowest BCUT2D eigenvalue weighted by molar-refractivity contribution is -0.189. The fourth-order valence-corrected chi connectivity index (χ4v) is 4.58. The Bertz CT molecular complexity index is 1180. The van der Waals surface area contributed by atoms with Crippen molar-refractivity contribution in [1.29, 1.82) is 0 Å². The van der Waals surface area contributed by atoms with Gasteiger partial charge in [-0.15, -0.1) is 0 Å². The minimum atomic E-state index is -4.59. The van der Waals surface area contributed by atoms with Gasteiger partial charge < -0.3 is 18.6 Å². The van der Waals surface area contributed by atoms with Crippen LogP contribution in [0.2, 0.25) is 0 Å². The Labute approximate surface area is 181 Å². The largest absolute Gasteiger partial charge is 0.480 e. The smallest absolute Gasteiger partial charge is 0.425 e. The number of esters is 1. The van der Waals surface area contributed by atoms with E-state index in [9.17, 15) is 18.0 Å². The Kier molecular flexibility index (Phi) is 4.53. The SMILES string of the molecule is CC(Oc1cc2nc(C34COC(C)(C3)C4)cn2cc1C(=O)Oc1ccccc1)C(F)(F)F. The number of hydrogen-bond donors (Lipinski definition) is 0. The van der Waals surface area contributed by atoms with E-state index in [-0.39, 0.29) is 28.1 Å². The van der Waals surface area contributed by atoms with Gasteiger partial charge in [0.15, 0.2) is 6.10 Å². The molecule has 2 aliphatic heterocycles. The normalized spacial score (nSPS) is 25.4. The second kappa shape index (κ2) is 6.96. The zero-order chi connectivity index (χ0) is 22.7. The summed E-state index contributed by atoms with van der Waals surface area (Å²) in [5.41, 5.74) is 0.703. The molecule has 1 atom stereocenters. The molecule has 0 N–H and O–H groups in total. The first kappa shape index (κ1) is 20.8. The molecule has 3 aromatic rings. The third kappa shape index (κ3) is 3.50. The molecule has 2 saturated heterocycles. The number of carbonyl (C=O) groups excluding carboxylic acids is 1. The van der Waals surface area contributed by atoms with Crippen LogP contribution < -0.4 is 9.47 Å². The highest BCUT2D eigenvalue weighted by Crippen LogP contribution is 2.58. The topological polar surface area (TPSA) is 62.1 Å². The maximum Gasteiger partial charge on any atom is 0.425 e. The zero-order valence-electron chi connectivity index (χ0n) is 17.5. The van der Waals surface area contributed by atoms with Gasteiger partial charge in [0, 0.05) is 23.9 Å². The summed E-state index contributed by atoms with van der Waals surface area (Å²) >= 11 is 0. The molecule has 32 heavy (non-hydrogen) atoms. The first-order valence-corrected chi connectivity index (χ1v) is 10.2. The Morgan fingerprint density at radius 3 is 2.56 bits per heavy atom. The number of para-hydroxylation sites is 1. The van der Waals surface area contributed by atoms with Crippen LogP contribution in [0.4, 0.5) is 13.2 Å². The van der Waals surface area contributed by atoms with Crippen molar-refractivity contribution in [3.8, 4) is 11.5 Å². The first-order chi connectivity index (χ1) is 15.1. The van der Waals surface area contributed by atoms with Gasteiger partial charge >= 0.3 is 12.1 Å². The molecule has 1 saturated carbocycles. The van der Waals surface area contributed by atoms with E-state index in [0.717, 1.165) is 25.5 Å². The van der Waals surface area contributed by atoms with E-state index in [1.807, 2.05) is 0 Å². The molecule has 9 heteroatoms. The number of pyridine rings is 1. The van der Waals surface area contributed by atoms with E-state index >= 15 is 0 Å². The number of halogens is 3. The number of aromatic nitrogens is 2. The van der Waals surface area contributed by atoms with Crippen LogP contribution in [0.5, 0.6) is 11.5 Å². The summed E-state index contributed by atoms with van der Waals surface area (Å²) in [4.78, 5) is 17.5. The van der Waals surface area contributed by atoms with Gasteiger partial charge in [-0.25, -0.2) is 9.78 Å². The van der Waals surface area contributed by atoms with Gasteiger partial charge in [-0.1, -0.05) is 18.2 Å². The number of hydrogen-bond acceptors (Lipinski definition) is 5. The van der Waals surface area contributed by atoms with Crippen molar-refractivity contribution in [2.75, 3.05) is 6.61 Å². The lowest BCUT2D eigenvalue weighted by Gasteiger charge is -2.41. The molecule has 0 amide bonds. The number of rotatable bonds is 5. The van der Waals surface area contributed by atoms with Crippen molar-refractivity contribution in [3.63, 3.8) is 0 Å². The summed E-state index contributed by atoms with van der Waals surface area (Å²) in [5, 5.41) is 0. The minimum absolute atomic E-state index is 0.125. The van der Waals surface area contributed by atoms with Crippen LogP contribution in [0.25, 0.3) is 5.65 Å². The standard InChI is InChI=1S/C23H21F3N2O4/c1-14(23(24,25)26)31-17-8-19-27-18(22-11-21(2,12-22)30-13-22)10-28(19)9-16(17)20(29)32-15-6-4-3-5-7-15/h3-10,14H,11-13H2,1-2H3. The van der Waals surface area contributed by atoms with Crippen LogP contribution >= 0.6 is 0 Å². The molecule has 3 aliphatic rings. The highest BCUT2D eigenvalue weighted by Gasteiger charge is 2.61. The third-order valence-corrected chi connectivity index (χ3v) is 6.16. The molecular formula is C23H21F3N2O4. The summed E-state index contributed by atoms with van der Waals surface area (Å²) in [7, 11) is 0. The van der Waals surface area contributed by atoms with Crippen molar-refractivity contribution < 1.29 is 32.2 Å². The van der Waals surface area contributed by atoms with Gasteiger partial charge in [0.1, 0.15) is 22.7 Å². The summed E-state index contributed by atoms with van der Waals surface area (Å²) in [6.07, 6.45) is -1.84. The molecular weight excluding hydrogens is 425 g/mol. The van der Waals surface area contributed by atoms with Crippen LogP contribution in [-0.4, -0.2) is 39.8 Å². The number of imidazole rings is 1. The lowest BCUT2D eigenvalue weighted by atomic mass is 9.62. The van der Waals surface area contributed by atoms with Gasteiger partial charge in [0.25, 0.3) is 0 Å². The van der Waals surface area contributed by atoms with Gasteiger partial charge in [0.2, 0.25) is 0 Å². The highest BCUT2D eigenvalue weighted by atomic mass is 19.4. The van der Waals surface area contributed by atoms with Crippen LogP contribution in [0.15, 0.2) is 48.8 Å². The predicted octanol–water partition coefficient (Wildman–Crippen LogP) is 4.70. The zero-order valence-corrected chi connectivity index (χ0v) is 17.5. The summed E-state index contributed by atoms with van der Waals surface area (Å²) in [6.45, 7) is 3.48. The molecule has 6 rings (SSSR count). The van der Waals surface area contributed by atoms with Crippen molar-refractivity contribution in [2.24, 2.45) is 0 Å².